The maximum Gasteiger partial charge on any atom is 0.328 e. The smallest absolute Gasteiger partial charge is 0.328 e. The number of benzene rings is 2. The molecule has 4 rings (SSSR count). The van der Waals surface area contributed by atoms with Gasteiger partial charge in [-0.15, -0.1) is 0 Å². The monoisotopic (exact) mass is 549 g/mol. The van der Waals surface area contributed by atoms with Crippen molar-refractivity contribution in [2.24, 2.45) is 0 Å². The highest BCUT2D eigenvalue weighted by Gasteiger charge is 2.16. The molecule has 0 atom stereocenters. The van der Waals surface area contributed by atoms with Gasteiger partial charge in [0.25, 0.3) is 0 Å². The number of nitrogens with zero attached hydrogens (tertiary/aromatic N) is 3. The van der Waals surface area contributed by atoms with Crippen LogP contribution in [0.2, 0.25) is 5.02 Å². The third kappa shape index (κ3) is 6.20. The van der Waals surface area contributed by atoms with E-state index < -0.39 is 0 Å². The summed E-state index contributed by atoms with van der Waals surface area (Å²) in [6.07, 6.45) is 7.26. The van der Waals surface area contributed by atoms with Gasteiger partial charge in [0.05, 0.1) is 3.57 Å². The molecule has 0 bridgehead atoms. The second-order valence-corrected chi connectivity index (χ2v) is 9.29. The Labute approximate surface area is 201 Å². The molecule has 0 saturated heterocycles. The van der Waals surface area contributed by atoms with Gasteiger partial charge in [0.15, 0.2) is 0 Å². The maximum atomic E-state index is 6.28. The molecule has 3 aromatic rings. The zero-order valence-electron chi connectivity index (χ0n) is 17.4. The van der Waals surface area contributed by atoms with E-state index in [-0.39, 0.29) is 6.01 Å². The minimum Gasteiger partial charge on any atom is -0.423 e. The molecule has 0 unspecified atom stereocenters. The van der Waals surface area contributed by atoms with Crippen molar-refractivity contribution in [1.29, 1.82) is 0 Å². The molecular weight excluding hydrogens is 525 g/mol. The number of rotatable bonds is 6. The molecule has 6 nitrogen and oxygen atoms in total. The lowest BCUT2D eigenvalue weighted by Gasteiger charge is -2.17. The molecule has 2 N–H and O–H groups in total. The molecule has 162 valence electrons. The lowest BCUT2D eigenvalue weighted by atomic mass is 10.1. The van der Waals surface area contributed by atoms with Gasteiger partial charge in [0.1, 0.15) is 5.75 Å². The Balaban J connectivity index is 1.62. The summed E-state index contributed by atoms with van der Waals surface area (Å²) in [4.78, 5) is 13.6. The Bertz CT molecular complexity index is 1040. The van der Waals surface area contributed by atoms with Crippen LogP contribution in [0.3, 0.4) is 0 Å². The van der Waals surface area contributed by atoms with E-state index in [1.165, 1.54) is 25.7 Å². The van der Waals surface area contributed by atoms with E-state index in [0.29, 0.717) is 28.7 Å². The quantitative estimate of drug-likeness (QED) is 0.252. The molecule has 8 heteroatoms. The van der Waals surface area contributed by atoms with Crippen molar-refractivity contribution in [3.63, 3.8) is 0 Å². The molecule has 1 fully saturated rings. The zero-order chi connectivity index (χ0) is 21.6. The number of para-hydroxylation sites is 1. The molecule has 1 aliphatic rings. The summed E-state index contributed by atoms with van der Waals surface area (Å²) in [5.74, 6) is 1.63. The third-order valence-corrected chi connectivity index (χ3v) is 6.57. The van der Waals surface area contributed by atoms with Crippen LogP contribution >= 0.6 is 34.2 Å². The van der Waals surface area contributed by atoms with Crippen molar-refractivity contribution in [2.75, 3.05) is 10.6 Å². The van der Waals surface area contributed by atoms with E-state index >= 15 is 0 Å². The molecule has 0 radical (unpaired) electrons. The predicted molar refractivity (Wildman–Crippen MR) is 134 cm³/mol. The predicted octanol–water partition coefficient (Wildman–Crippen LogP) is 7.11. The first kappa shape index (κ1) is 22.1. The van der Waals surface area contributed by atoms with Crippen molar-refractivity contribution >= 4 is 51.8 Å². The summed E-state index contributed by atoms with van der Waals surface area (Å²) >= 11 is 8.52. The Morgan fingerprint density at radius 3 is 2.45 bits per heavy atom. The normalized spacial score (nSPS) is 14.7. The zero-order valence-corrected chi connectivity index (χ0v) is 20.3. The average Bonchev–Trinajstić information content (AvgIpc) is 3.01. The highest BCUT2D eigenvalue weighted by atomic mass is 127. The van der Waals surface area contributed by atoms with Crippen LogP contribution in [0.15, 0.2) is 42.5 Å². The molecular formula is C23H25ClIN5O. The van der Waals surface area contributed by atoms with Crippen molar-refractivity contribution in [1.82, 2.24) is 15.0 Å². The second-order valence-electron chi connectivity index (χ2n) is 7.72. The third-order valence-electron chi connectivity index (χ3n) is 5.27. The number of ether oxygens (including phenoxy) is 1. The molecule has 2 aromatic carbocycles. The first-order valence-electron chi connectivity index (χ1n) is 10.5. The van der Waals surface area contributed by atoms with Crippen LogP contribution in [0.4, 0.5) is 17.6 Å². The molecule has 1 heterocycles. The van der Waals surface area contributed by atoms with E-state index in [9.17, 15) is 0 Å². The van der Waals surface area contributed by atoms with Gasteiger partial charge in [-0.2, -0.15) is 15.0 Å². The van der Waals surface area contributed by atoms with Gasteiger partial charge in [-0.3, -0.25) is 0 Å². The van der Waals surface area contributed by atoms with E-state index in [0.717, 1.165) is 27.7 Å². The SMILES string of the molecule is Cc1ccc(Nc2nc(NC3CCCCCC3)nc(Oc3ccccc3I)n2)cc1Cl. The highest BCUT2D eigenvalue weighted by Crippen LogP contribution is 2.28. The van der Waals surface area contributed by atoms with Crippen LogP contribution in [0.1, 0.15) is 44.1 Å². The van der Waals surface area contributed by atoms with Crippen molar-refractivity contribution < 1.29 is 4.74 Å². The van der Waals surface area contributed by atoms with Crippen LogP contribution < -0.4 is 15.4 Å². The summed E-state index contributed by atoms with van der Waals surface area (Å²) in [5.41, 5.74) is 1.82. The molecule has 0 amide bonds. The number of hydrogen-bond acceptors (Lipinski definition) is 6. The van der Waals surface area contributed by atoms with E-state index in [2.05, 4.69) is 48.2 Å². The van der Waals surface area contributed by atoms with Crippen LogP contribution in [0.5, 0.6) is 11.8 Å². The maximum absolute atomic E-state index is 6.28. The first-order valence-corrected chi connectivity index (χ1v) is 12.0. The molecule has 0 aliphatic heterocycles. The molecule has 1 aromatic heterocycles. The van der Waals surface area contributed by atoms with Gasteiger partial charge in [0.2, 0.25) is 11.9 Å². The van der Waals surface area contributed by atoms with Crippen LogP contribution in [-0.4, -0.2) is 21.0 Å². The highest BCUT2D eigenvalue weighted by molar-refractivity contribution is 14.1. The van der Waals surface area contributed by atoms with Gasteiger partial charge in [0, 0.05) is 16.8 Å². The fraction of sp³-hybridized carbons (Fsp3) is 0.348. The van der Waals surface area contributed by atoms with Gasteiger partial charge in [-0.05, 0) is 72.2 Å². The summed E-state index contributed by atoms with van der Waals surface area (Å²) in [6, 6.07) is 14.1. The summed E-state index contributed by atoms with van der Waals surface area (Å²) in [6.45, 7) is 1.97. The summed E-state index contributed by atoms with van der Waals surface area (Å²) < 4.78 is 6.99. The molecule has 1 saturated carbocycles. The first-order chi connectivity index (χ1) is 15.1. The van der Waals surface area contributed by atoms with Gasteiger partial charge in [-0.1, -0.05) is 55.5 Å². The Morgan fingerprint density at radius 2 is 1.71 bits per heavy atom. The topological polar surface area (TPSA) is 72.0 Å². The summed E-state index contributed by atoms with van der Waals surface area (Å²) in [5, 5.41) is 7.42. The second kappa shape index (κ2) is 10.5. The van der Waals surface area contributed by atoms with Crippen molar-refractivity contribution in [3.8, 4) is 11.8 Å². The number of halogens is 2. The molecule has 0 spiro atoms. The molecule has 1 aliphatic carbocycles. The average molecular weight is 550 g/mol. The lowest BCUT2D eigenvalue weighted by Crippen LogP contribution is -2.20. The molecule has 31 heavy (non-hydrogen) atoms. The minimum atomic E-state index is 0.246. The van der Waals surface area contributed by atoms with Gasteiger partial charge in [-0.25, -0.2) is 0 Å². The fourth-order valence-corrected chi connectivity index (χ4v) is 4.23. The van der Waals surface area contributed by atoms with Crippen molar-refractivity contribution in [2.45, 2.75) is 51.5 Å². The van der Waals surface area contributed by atoms with Crippen LogP contribution in [0.25, 0.3) is 0 Å². The standard InChI is InChI=1S/C23H25ClIN5O/c1-15-12-13-17(14-18(15)24)27-22-28-21(26-16-8-4-2-3-5-9-16)29-23(30-22)31-20-11-7-6-10-19(20)25/h6-7,10-14,16H,2-5,8-9H2,1H3,(H2,26,27,28,29,30). The van der Waals surface area contributed by atoms with E-state index in [1.807, 2.05) is 49.4 Å². The van der Waals surface area contributed by atoms with E-state index in [1.54, 1.807) is 0 Å². The lowest BCUT2D eigenvalue weighted by molar-refractivity contribution is 0.438. The van der Waals surface area contributed by atoms with Gasteiger partial charge >= 0.3 is 6.01 Å². The number of hydrogen-bond donors (Lipinski definition) is 2. The Hall–Kier alpha value is -2.13. The number of aromatic nitrogens is 3. The summed E-state index contributed by atoms with van der Waals surface area (Å²) in [7, 11) is 0. The Kier molecular flexibility index (Phi) is 7.45. The van der Waals surface area contributed by atoms with E-state index in [4.69, 9.17) is 16.3 Å². The minimum absolute atomic E-state index is 0.246. The number of anilines is 3. The van der Waals surface area contributed by atoms with Crippen LogP contribution in [0, 0.1) is 10.5 Å². The Morgan fingerprint density at radius 1 is 0.968 bits per heavy atom. The number of nitrogens with one attached hydrogen (secondary N) is 2. The van der Waals surface area contributed by atoms with Crippen molar-refractivity contribution in [3.05, 3.63) is 56.6 Å². The van der Waals surface area contributed by atoms with Crippen LogP contribution in [-0.2, 0) is 0 Å². The number of aryl methyl sites for hydroxylation is 1. The largest absolute Gasteiger partial charge is 0.423 e. The fourth-order valence-electron chi connectivity index (χ4n) is 3.55. The van der Waals surface area contributed by atoms with Gasteiger partial charge < -0.3 is 15.4 Å².